The van der Waals surface area contributed by atoms with Gasteiger partial charge in [0.2, 0.25) is 0 Å². The van der Waals surface area contributed by atoms with E-state index >= 15 is 0 Å². The number of carbonyl (C=O) groups excluding carboxylic acids is 1. The number of halogens is 4. The Hall–Kier alpha value is -3.22. The number of hydrogen-bond acceptors (Lipinski definition) is 6. The molecule has 2 N–H and O–H groups in total. The molecule has 3 unspecified atom stereocenters. The summed E-state index contributed by atoms with van der Waals surface area (Å²) in [4.78, 5) is 31.2. The third kappa shape index (κ3) is 5.60. The van der Waals surface area contributed by atoms with Crippen molar-refractivity contribution in [3.05, 3.63) is 64.5 Å². The van der Waals surface area contributed by atoms with E-state index in [0.717, 1.165) is 25.0 Å². The monoisotopic (exact) mass is 605 g/mol. The van der Waals surface area contributed by atoms with E-state index in [0.29, 0.717) is 55.9 Å². The van der Waals surface area contributed by atoms with E-state index in [9.17, 15) is 37.4 Å². The fourth-order valence-electron chi connectivity index (χ4n) is 7.08. The fraction of sp³-hybridized carbons (Fsp3) is 0.548. The number of carboxylic acid groups (broad SMARTS) is 1. The number of aliphatic hydroxyl groups is 1. The van der Waals surface area contributed by atoms with Gasteiger partial charge in [0.1, 0.15) is 11.4 Å². The van der Waals surface area contributed by atoms with E-state index < -0.39 is 35.2 Å². The summed E-state index contributed by atoms with van der Waals surface area (Å²) in [5.41, 5.74) is -0.863. The summed E-state index contributed by atoms with van der Waals surface area (Å²) in [5.74, 6) is -2.31. The summed E-state index contributed by atoms with van der Waals surface area (Å²) < 4.78 is 60.5. The van der Waals surface area contributed by atoms with Crippen molar-refractivity contribution in [3.8, 4) is 0 Å². The van der Waals surface area contributed by atoms with E-state index in [1.165, 1.54) is 23.1 Å². The Kier molecular flexibility index (Phi) is 7.67. The number of anilines is 1. The lowest BCUT2D eigenvalue weighted by Crippen LogP contribution is -2.61. The van der Waals surface area contributed by atoms with Gasteiger partial charge in [0.05, 0.1) is 30.4 Å². The topological polar surface area (TPSA) is 93.6 Å². The minimum absolute atomic E-state index is 0.00487. The lowest BCUT2D eigenvalue weighted by Gasteiger charge is -2.49. The molecule has 8 nitrogen and oxygen atoms in total. The maximum Gasteiger partial charge on any atom is 0.416 e. The number of amides is 1. The van der Waals surface area contributed by atoms with Crippen LogP contribution in [0.3, 0.4) is 0 Å². The minimum Gasteiger partial charge on any atom is -0.478 e. The smallest absolute Gasteiger partial charge is 0.416 e. The Balaban J connectivity index is 1.12. The summed E-state index contributed by atoms with van der Waals surface area (Å²) >= 11 is 0. The van der Waals surface area contributed by atoms with Crippen LogP contribution in [-0.4, -0.2) is 82.4 Å². The number of rotatable bonds is 5. The number of fused-ring (bicyclic) bond motifs is 1. The average Bonchev–Trinajstić information content (AvgIpc) is 3.82. The molecule has 1 amide bonds. The van der Waals surface area contributed by atoms with Crippen LogP contribution in [-0.2, 0) is 22.3 Å². The second-order valence-electron chi connectivity index (χ2n) is 12.3. The van der Waals surface area contributed by atoms with Gasteiger partial charge in [-0.2, -0.15) is 13.2 Å². The first kappa shape index (κ1) is 29.8. The second-order valence-corrected chi connectivity index (χ2v) is 12.3. The van der Waals surface area contributed by atoms with E-state index in [1.807, 2.05) is 6.92 Å². The zero-order valence-corrected chi connectivity index (χ0v) is 23.8. The highest BCUT2D eigenvalue weighted by Gasteiger charge is 2.56. The van der Waals surface area contributed by atoms with Crippen LogP contribution >= 0.6 is 0 Å². The van der Waals surface area contributed by atoms with E-state index in [2.05, 4.69) is 9.80 Å². The number of alkyl halides is 3. The summed E-state index contributed by atoms with van der Waals surface area (Å²) in [6.07, 6.45) is -2.72. The lowest BCUT2D eigenvalue weighted by atomic mass is 9.84. The second kappa shape index (κ2) is 11.0. The zero-order chi connectivity index (χ0) is 30.7. The van der Waals surface area contributed by atoms with Crippen molar-refractivity contribution >= 4 is 17.6 Å². The molecule has 2 saturated heterocycles. The first-order chi connectivity index (χ1) is 20.4. The SMILES string of the molecule is CC1CN(C2CC[C@@](C(=O)N3Cc4cc(C(F)(F)F)ccc4C(O)C3)(C3CC3)OC2)CCN1c1ccc(F)c(C(=O)O)c1. The molecule has 4 atom stereocenters. The van der Waals surface area contributed by atoms with E-state index in [-0.39, 0.29) is 42.6 Å². The van der Waals surface area contributed by atoms with Crippen molar-refractivity contribution in [2.45, 2.75) is 69.1 Å². The van der Waals surface area contributed by atoms with Crippen molar-refractivity contribution in [1.29, 1.82) is 0 Å². The summed E-state index contributed by atoms with van der Waals surface area (Å²) in [5, 5.41) is 20.0. The van der Waals surface area contributed by atoms with Crippen LogP contribution < -0.4 is 4.90 Å². The normalized spacial score (nSPS) is 28.5. The first-order valence-corrected chi connectivity index (χ1v) is 14.7. The van der Waals surface area contributed by atoms with Crippen LogP contribution in [0.25, 0.3) is 0 Å². The van der Waals surface area contributed by atoms with Gasteiger partial charge in [-0.15, -0.1) is 0 Å². The van der Waals surface area contributed by atoms with Gasteiger partial charge in [-0.25, -0.2) is 9.18 Å². The Morgan fingerprint density at radius 3 is 2.44 bits per heavy atom. The summed E-state index contributed by atoms with van der Waals surface area (Å²) in [6.45, 7) is 4.32. The van der Waals surface area contributed by atoms with Crippen molar-refractivity contribution in [2.24, 2.45) is 5.92 Å². The number of ether oxygens (including phenoxy) is 1. The Morgan fingerprint density at radius 1 is 1.05 bits per heavy atom. The van der Waals surface area contributed by atoms with Gasteiger partial charge in [0, 0.05) is 44.0 Å². The molecule has 43 heavy (non-hydrogen) atoms. The highest BCUT2D eigenvalue weighted by atomic mass is 19.4. The molecule has 0 bridgehead atoms. The summed E-state index contributed by atoms with van der Waals surface area (Å²) in [6, 6.07) is 7.50. The predicted molar refractivity (Wildman–Crippen MR) is 148 cm³/mol. The molecule has 2 aromatic rings. The van der Waals surface area contributed by atoms with Crippen LogP contribution in [0.1, 0.15) is 65.8 Å². The van der Waals surface area contributed by atoms with Gasteiger partial charge in [-0.05, 0) is 80.0 Å². The molecular formula is C31H35F4N3O5. The number of carbonyl (C=O) groups is 2. The standard InChI is InChI=1S/C31H35F4N3O5/c1-18-14-36(10-11-38(18)22-5-7-26(32)25(13-22)28(40)41)23-8-9-30(43-17-23,20-2-3-20)29(42)37-15-19-12-21(31(33,34)35)4-6-24(19)27(39)16-37/h4-7,12-13,18,20,23,27,39H,2-3,8-11,14-17H2,1H3,(H,40,41)/t18?,23?,27?,30-/m0/s1. The third-order valence-electron chi connectivity index (χ3n) is 9.54. The van der Waals surface area contributed by atoms with Gasteiger partial charge in [0.15, 0.2) is 0 Å². The molecule has 4 aliphatic rings. The molecule has 3 aliphatic heterocycles. The van der Waals surface area contributed by atoms with Crippen molar-refractivity contribution in [3.63, 3.8) is 0 Å². The maximum absolute atomic E-state index is 14.0. The quantitative estimate of drug-likeness (QED) is 0.487. The lowest BCUT2D eigenvalue weighted by molar-refractivity contribution is -0.178. The number of carboxylic acids is 1. The van der Waals surface area contributed by atoms with Gasteiger partial charge in [0.25, 0.3) is 5.91 Å². The van der Waals surface area contributed by atoms with E-state index in [4.69, 9.17) is 4.74 Å². The van der Waals surface area contributed by atoms with Crippen LogP contribution in [0.4, 0.5) is 23.2 Å². The molecule has 0 radical (unpaired) electrons. The Bertz CT molecular complexity index is 1410. The van der Waals surface area contributed by atoms with Crippen LogP contribution in [0, 0.1) is 11.7 Å². The van der Waals surface area contributed by atoms with Gasteiger partial charge >= 0.3 is 12.1 Å². The average molecular weight is 606 g/mol. The molecule has 6 rings (SSSR count). The number of hydrogen-bond donors (Lipinski definition) is 2. The number of β-amino-alcohol motifs (C(OH)–C–C–N with tert-alkyl or cyclic N) is 1. The molecule has 1 saturated carbocycles. The number of aromatic carboxylic acids is 1. The van der Waals surface area contributed by atoms with Crippen LogP contribution in [0.2, 0.25) is 0 Å². The molecule has 3 heterocycles. The Labute approximate surface area is 246 Å². The predicted octanol–water partition coefficient (Wildman–Crippen LogP) is 4.46. The molecule has 0 aromatic heterocycles. The molecule has 232 valence electrons. The number of aliphatic hydroxyl groups excluding tert-OH is 1. The number of piperazine rings is 1. The Morgan fingerprint density at radius 2 is 1.81 bits per heavy atom. The molecule has 12 heteroatoms. The maximum atomic E-state index is 14.0. The zero-order valence-electron chi connectivity index (χ0n) is 23.8. The summed E-state index contributed by atoms with van der Waals surface area (Å²) in [7, 11) is 0. The van der Waals surface area contributed by atoms with Gasteiger partial charge in [-0.3, -0.25) is 9.69 Å². The largest absolute Gasteiger partial charge is 0.478 e. The molecule has 1 aliphatic carbocycles. The highest BCUT2D eigenvalue weighted by molar-refractivity contribution is 5.89. The third-order valence-corrected chi connectivity index (χ3v) is 9.54. The van der Waals surface area contributed by atoms with E-state index in [1.54, 1.807) is 6.07 Å². The highest BCUT2D eigenvalue weighted by Crippen LogP contribution is 2.49. The van der Waals surface area contributed by atoms with Gasteiger partial charge < -0.3 is 24.7 Å². The van der Waals surface area contributed by atoms with Crippen LogP contribution in [0.15, 0.2) is 36.4 Å². The molecule has 0 spiro atoms. The van der Waals surface area contributed by atoms with Crippen molar-refractivity contribution < 1.29 is 42.1 Å². The minimum atomic E-state index is -4.52. The van der Waals surface area contributed by atoms with Crippen LogP contribution in [0.5, 0.6) is 0 Å². The fourth-order valence-corrected chi connectivity index (χ4v) is 7.08. The molecule has 3 fully saturated rings. The van der Waals surface area contributed by atoms with Crippen molar-refractivity contribution in [1.82, 2.24) is 9.80 Å². The number of benzene rings is 2. The molecular weight excluding hydrogens is 570 g/mol. The van der Waals surface area contributed by atoms with Gasteiger partial charge in [-0.1, -0.05) is 6.07 Å². The van der Waals surface area contributed by atoms with Crippen molar-refractivity contribution in [2.75, 3.05) is 37.7 Å². The first-order valence-electron chi connectivity index (χ1n) is 14.7. The molecule has 2 aromatic carbocycles. The number of nitrogens with zero attached hydrogens (tertiary/aromatic N) is 3.